The molecule has 1 aliphatic rings. The molecule has 4 rings (SSSR count). The highest BCUT2D eigenvalue weighted by Gasteiger charge is 2.22. The van der Waals surface area contributed by atoms with Crippen molar-refractivity contribution in [3.05, 3.63) is 45.9 Å². The summed E-state index contributed by atoms with van der Waals surface area (Å²) in [6.45, 7) is 7.44. The number of amides is 1. The molecule has 148 valence electrons. The number of oxazole rings is 1. The quantitative estimate of drug-likeness (QED) is 0.712. The molecule has 1 N–H and O–H groups in total. The number of anilines is 1. The molecule has 0 spiro atoms. The number of benzene rings is 1. The Labute approximate surface area is 167 Å². The highest BCUT2D eigenvalue weighted by Crippen LogP contribution is 2.24. The van der Waals surface area contributed by atoms with Crippen molar-refractivity contribution in [1.82, 2.24) is 14.5 Å². The van der Waals surface area contributed by atoms with Crippen molar-refractivity contribution in [3.63, 3.8) is 0 Å². The van der Waals surface area contributed by atoms with Gasteiger partial charge in [0.1, 0.15) is 6.54 Å². The first-order valence-electron chi connectivity index (χ1n) is 9.53. The van der Waals surface area contributed by atoms with Gasteiger partial charge in [0.15, 0.2) is 10.7 Å². The van der Waals surface area contributed by atoms with Gasteiger partial charge in [0.2, 0.25) is 5.91 Å². The molecule has 8 heteroatoms. The second kappa shape index (κ2) is 7.89. The molecular weight excluding hydrogens is 376 g/mol. The minimum Gasteiger partial charge on any atom is -0.408 e. The lowest BCUT2D eigenvalue weighted by molar-refractivity contribution is -0.116. The second-order valence-corrected chi connectivity index (χ2v) is 8.61. The summed E-state index contributed by atoms with van der Waals surface area (Å²) >= 11 is 1.41. The second-order valence-electron chi connectivity index (χ2n) is 7.75. The molecule has 2 aromatic heterocycles. The number of nitrogens with one attached hydrogen (secondary N) is 1. The number of hydrogen-bond donors (Lipinski definition) is 1. The van der Waals surface area contributed by atoms with Gasteiger partial charge in [-0.25, -0.2) is 9.78 Å². The number of para-hydroxylation sites is 2. The molecule has 1 amide bonds. The minimum atomic E-state index is -0.537. The Hall–Kier alpha value is -2.45. The van der Waals surface area contributed by atoms with Crippen LogP contribution in [0.3, 0.4) is 0 Å². The van der Waals surface area contributed by atoms with Gasteiger partial charge in [0.05, 0.1) is 11.2 Å². The van der Waals surface area contributed by atoms with E-state index in [-0.39, 0.29) is 12.5 Å². The van der Waals surface area contributed by atoms with Gasteiger partial charge in [0.25, 0.3) is 0 Å². The SMILES string of the molecule is C[C@@H]1C[C@@H](C)CN(Cc2csc(NC(=O)Cn3c(=O)oc4ccccc43)n2)C1. The lowest BCUT2D eigenvalue weighted by atomic mass is 9.92. The Morgan fingerprint density at radius 2 is 2.04 bits per heavy atom. The van der Waals surface area contributed by atoms with Crippen LogP contribution in [0.2, 0.25) is 0 Å². The summed E-state index contributed by atoms with van der Waals surface area (Å²) < 4.78 is 6.49. The summed E-state index contributed by atoms with van der Waals surface area (Å²) in [5.41, 5.74) is 2.05. The van der Waals surface area contributed by atoms with Crippen LogP contribution >= 0.6 is 11.3 Å². The number of thiazole rings is 1. The Morgan fingerprint density at radius 3 is 2.82 bits per heavy atom. The normalized spacial score (nSPS) is 20.5. The van der Waals surface area contributed by atoms with E-state index in [4.69, 9.17) is 4.42 Å². The number of carbonyl (C=O) groups is 1. The Kier molecular flexibility index (Phi) is 5.32. The molecule has 0 aliphatic carbocycles. The fourth-order valence-electron chi connectivity index (χ4n) is 4.05. The van der Waals surface area contributed by atoms with Crippen molar-refractivity contribution in [2.24, 2.45) is 11.8 Å². The Morgan fingerprint density at radius 1 is 1.29 bits per heavy atom. The van der Waals surface area contributed by atoms with E-state index in [0.717, 1.165) is 25.3 Å². The van der Waals surface area contributed by atoms with Crippen LogP contribution in [0.15, 0.2) is 38.9 Å². The first-order valence-corrected chi connectivity index (χ1v) is 10.4. The lowest BCUT2D eigenvalue weighted by Crippen LogP contribution is -2.38. The van der Waals surface area contributed by atoms with Crippen LogP contribution in [-0.2, 0) is 17.9 Å². The largest absolute Gasteiger partial charge is 0.420 e. The van der Waals surface area contributed by atoms with Crippen molar-refractivity contribution < 1.29 is 9.21 Å². The first kappa shape index (κ1) is 18.9. The molecule has 0 saturated carbocycles. The van der Waals surface area contributed by atoms with Crippen LogP contribution in [0.25, 0.3) is 11.1 Å². The molecule has 1 aliphatic heterocycles. The van der Waals surface area contributed by atoms with Gasteiger partial charge >= 0.3 is 5.76 Å². The molecule has 3 aromatic rings. The van der Waals surface area contributed by atoms with Crippen LogP contribution in [0.5, 0.6) is 0 Å². The van der Waals surface area contributed by atoms with Gasteiger partial charge < -0.3 is 9.73 Å². The third-order valence-corrected chi connectivity index (χ3v) is 5.81. The average molecular weight is 401 g/mol. The number of carbonyl (C=O) groups excluding carboxylic acids is 1. The van der Waals surface area contributed by atoms with E-state index in [2.05, 4.69) is 29.0 Å². The van der Waals surface area contributed by atoms with E-state index in [1.807, 2.05) is 5.38 Å². The number of hydrogen-bond acceptors (Lipinski definition) is 6. The van der Waals surface area contributed by atoms with Crippen LogP contribution in [0.4, 0.5) is 5.13 Å². The number of nitrogens with zero attached hydrogens (tertiary/aromatic N) is 3. The maximum Gasteiger partial charge on any atom is 0.420 e. The lowest BCUT2D eigenvalue weighted by Gasteiger charge is -2.34. The molecular formula is C20H24N4O3S. The molecule has 0 unspecified atom stereocenters. The zero-order chi connectivity index (χ0) is 19.7. The fraction of sp³-hybridized carbons (Fsp3) is 0.450. The summed E-state index contributed by atoms with van der Waals surface area (Å²) in [6.07, 6.45) is 1.27. The Balaban J connectivity index is 1.39. The van der Waals surface area contributed by atoms with Gasteiger partial charge in [-0.05, 0) is 30.4 Å². The number of fused-ring (bicyclic) bond motifs is 1. The van der Waals surface area contributed by atoms with E-state index >= 15 is 0 Å². The highest BCUT2D eigenvalue weighted by atomic mass is 32.1. The predicted octanol–water partition coefficient (Wildman–Crippen LogP) is 3.17. The summed E-state index contributed by atoms with van der Waals surface area (Å²) in [4.78, 5) is 31.4. The van der Waals surface area contributed by atoms with Crippen molar-refractivity contribution in [2.75, 3.05) is 18.4 Å². The number of piperidine rings is 1. The van der Waals surface area contributed by atoms with Crippen LogP contribution < -0.4 is 11.1 Å². The molecule has 0 radical (unpaired) electrons. The van der Waals surface area contributed by atoms with Crippen molar-refractivity contribution >= 4 is 33.5 Å². The minimum absolute atomic E-state index is 0.105. The fourth-order valence-corrected chi connectivity index (χ4v) is 4.77. The first-order chi connectivity index (χ1) is 13.5. The smallest absolute Gasteiger partial charge is 0.408 e. The third kappa shape index (κ3) is 4.18. The van der Waals surface area contributed by atoms with E-state index in [1.54, 1.807) is 24.3 Å². The van der Waals surface area contributed by atoms with Crippen LogP contribution in [0, 0.1) is 11.8 Å². The zero-order valence-corrected chi connectivity index (χ0v) is 16.9. The molecule has 0 bridgehead atoms. The highest BCUT2D eigenvalue weighted by molar-refractivity contribution is 7.13. The molecule has 1 saturated heterocycles. The van der Waals surface area contributed by atoms with Gasteiger partial charge in [-0.3, -0.25) is 14.3 Å². The van der Waals surface area contributed by atoms with E-state index in [0.29, 0.717) is 28.1 Å². The van der Waals surface area contributed by atoms with Crippen molar-refractivity contribution in [3.8, 4) is 0 Å². The summed E-state index contributed by atoms with van der Waals surface area (Å²) in [5, 5.41) is 5.34. The average Bonchev–Trinajstić information content (AvgIpc) is 3.18. The van der Waals surface area contributed by atoms with Crippen molar-refractivity contribution in [1.29, 1.82) is 0 Å². The summed E-state index contributed by atoms with van der Waals surface area (Å²) in [5.74, 6) is 0.564. The molecule has 1 fully saturated rings. The molecule has 28 heavy (non-hydrogen) atoms. The van der Waals surface area contributed by atoms with Gasteiger partial charge in [-0.1, -0.05) is 26.0 Å². The van der Waals surface area contributed by atoms with Gasteiger partial charge in [-0.15, -0.1) is 11.3 Å². The maximum absolute atomic E-state index is 12.4. The Bertz CT molecular complexity index is 1030. The standard InChI is InChI=1S/C20H24N4O3S/c1-13-7-14(2)9-23(8-13)10-15-12-28-19(21-15)22-18(25)11-24-16-5-3-4-6-17(16)27-20(24)26/h3-6,12-14H,7-11H2,1-2H3,(H,21,22,25)/t13-,14-/m1/s1. The van der Waals surface area contributed by atoms with E-state index in [9.17, 15) is 9.59 Å². The van der Waals surface area contributed by atoms with Gasteiger partial charge in [0, 0.05) is 25.0 Å². The van der Waals surface area contributed by atoms with Crippen LogP contribution in [0.1, 0.15) is 26.0 Å². The number of likely N-dealkylation sites (tertiary alicyclic amines) is 1. The molecule has 1 aromatic carbocycles. The third-order valence-electron chi connectivity index (χ3n) is 5.00. The van der Waals surface area contributed by atoms with Gasteiger partial charge in [-0.2, -0.15) is 0 Å². The molecule has 7 nitrogen and oxygen atoms in total. The predicted molar refractivity (Wildman–Crippen MR) is 109 cm³/mol. The van der Waals surface area contributed by atoms with Crippen molar-refractivity contribution in [2.45, 2.75) is 33.4 Å². The van der Waals surface area contributed by atoms with Crippen LogP contribution in [-0.4, -0.2) is 33.4 Å². The molecule has 2 atom stereocenters. The topological polar surface area (TPSA) is 80.4 Å². The van der Waals surface area contributed by atoms with E-state index < -0.39 is 5.76 Å². The number of aromatic nitrogens is 2. The summed E-state index contributed by atoms with van der Waals surface area (Å²) in [6, 6.07) is 7.06. The maximum atomic E-state index is 12.4. The molecule has 3 heterocycles. The summed E-state index contributed by atoms with van der Waals surface area (Å²) in [7, 11) is 0. The zero-order valence-electron chi connectivity index (χ0n) is 16.1. The number of rotatable bonds is 5. The van der Waals surface area contributed by atoms with E-state index in [1.165, 1.54) is 22.3 Å². The monoisotopic (exact) mass is 400 g/mol.